The summed E-state index contributed by atoms with van der Waals surface area (Å²) in [5, 5.41) is 4.48. The van der Waals surface area contributed by atoms with Crippen molar-refractivity contribution in [3.63, 3.8) is 0 Å². The molecule has 2 aromatic rings. The topological polar surface area (TPSA) is 56.7 Å². The Morgan fingerprint density at radius 3 is 2.69 bits per heavy atom. The molecule has 0 aliphatic carbocycles. The quantitative estimate of drug-likeness (QED) is 0.858. The minimum absolute atomic E-state index is 0.224. The van der Waals surface area contributed by atoms with Crippen molar-refractivity contribution in [2.45, 2.75) is 19.1 Å². The Morgan fingerprint density at radius 2 is 2.00 bits per heavy atom. The summed E-state index contributed by atoms with van der Waals surface area (Å²) >= 11 is 0. The smallest absolute Gasteiger partial charge is 0.390 e. The largest absolute Gasteiger partial charge is 0.397 e. The van der Waals surface area contributed by atoms with Crippen LogP contribution in [0, 0.1) is 0 Å². The Morgan fingerprint density at radius 1 is 1.25 bits per heavy atom. The first-order valence-electron chi connectivity index (χ1n) is 4.59. The van der Waals surface area contributed by atoms with Crippen LogP contribution in [0.15, 0.2) is 18.6 Å². The van der Waals surface area contributed by atoms with Gasteiger partial charge in [0.15, 0.2) is 0 Å². The Labute approximate surface area is 88.9 Å². The third-order valence-corrected chi connectivity index (χ3v) is 2.21. The van der Waals surface area contributed by atoms with Crippen molar-refractivity contribution in [2.75, 3.05) is 5.73 Å². The molecule has 0 saturated carbocycles. The molecular weight excluding hydrogens is 221 g/mol. The number of rotatable bonds is 2. The molecule has 0 aliphatic heterocycles. The number of alkyl halides is 3. The predicted molar refractivity (Wildman–Crippen MR) is 52.6 cm³/mol. The van der Waals surface area contributed by atoms with Gasteiger partial charge >= 0.3 is 6.18 Å². The van der Waals surface area contributed by atoms with Gasteiger partial charge in [0.2, 0.25) is 0 Å². The molecule has 0 saturated heterocycles. The lowest BCUT2D eigenvalue weighted by molar-refractivity contribution is -0.137. The zero-order valence-corrected chi connectivity index (χ0v) is 8.20. The van der Waals surface area contributed by atoms with Crippen molar-refractivity contribution in [2.24, 2.45) is 0 Å². The zero-order chi connectivity index (χ0) is 11.8. The van der Waals surface area contributed by atoms with Gasteiger partial charge in [0, 0.05) is 5.39 Å². The molecule has 2 N–H and O–H groups in total. The molecule has 0 spiro atoms. The highest BCUT2D eigenvalue weighted by Gasteiger charge is 2.27. The van der Waals surface area contributed by atoms with Crippen LogP contribution in [0.2, 0.25) is 0 Å². The number of anilines is 1. The number of nitrogens with two attached hydrogens (primary N) is 1. The molecule has 0 bridgehead atoms. The van der Waals surface area contributed by atoms with Gasteiger partial charge in [-0.1, -0.05) is 0 Å². The SMILES string of the molecule is Nc1cncc2c1cnn2CCC(F)(F)F. The molecule has 0 atom stereocenters. The molecule has 0 fully saturated rings. The van der Waals surface area contributed by atoms with E-state index in [1.165, 1.54) is 23.3 Å². The number of hydrogen-bond acceptors (Lipinski definition) is 3. The number of aryl methyl sites for hydroxylation is 1. The van der Waals surface area contributed by atoms with Crippen LogP contribution in [0.25, 0.3) is 10.9 Å². The minimum Gasteiger partial charge on any atom is -0.397 e. The van der Waals surface area contributed by atoms with Crippen LogP contribution in [-0.4, -0.2) is 20.9 Å². The van der Waals surface area contributed by atoms with E-state index in [0.717, 1.165) is 0 Å². The second-order valence-corrected chi connectivity index (χ2v) is 3.39. The first kappa shape index (κ1) is 10.7. The number of pyridine rings is 1. The van der Waals surface area contributed by atoms with E-state index in [1.807, 2.05) is 0 Å². The van der Waals surface area contributed by atoms with Crippen LogP contribution >= 0.6 is 0 Å². The highest BCUT2D eigenvalue weighted by Crippen LogP contribution is 2.23. The Bertz CT molecular complexity index is 503. The van der Waals surface area contributed by atoms with Crippen molar-refractivity contribution in [3.05, 3.63) is 18.6 Å². The number of halogens is 3. The summed E-state index contributed by atoms with van der Waals surface area (Å²) in [5.74, 6) is 0. The van der Waals surface area contributed by atoms with Crippen LogP contribution < -0.4 is 5.73 Å². The van der Waals surface area contributed by atoms with E-state index >= 15 is 0 Å². The van der Waals surface area contributed by atoms with Gasteiger partial charge in [0.05, 0.1) is 42.8 Å². The van der Waals surface area contributed by atoms with Crippen LogP contribution in [0.3, 0.4) is 0 Å². The van der Waals surface area contributed by atoms with Gasteiger partial charge < -0.3 is 5.73 Å². The fourth-order valence-electron chi connectivity index (χ4n) is 1.42. The highest BCUT2D eigenvalue weighted by molar-refractivity contribution is 5.88. The fraction of sp³-hybridized carbons (Fsp3) is 0.333. The zero-order valence-electron chi connectivity index (χ0n) is 8.20. The first-order chi connectivity index (χ1) is 7.47. The molecule has 86 valence electrons. The van der Waals surface area contributed by atoms with Gasteiger partial charge in [0.25, 0.3) is 0 Å². The van der Waals surface area contributed by atoms with Crippen molar-refractivity contribution in [3.8, 4) is 0 Å². The summed E-state index contributed by atoms with van der Waals surface area (Å²) in [6.07, 6.45) is -0.763. The van der Waals surface area contributed by atoms with E-state index in [1.54, 1.807) is 0 Å². The lowest BCUT2D eigenvalue weighted by atomic mass is 10.3. The molecule has 2 rings (SSSR count). The monoisotopic (exact) mass is 230 g/mol. The van der Waals surface area contributed by atoms with Gasteiger partial charge in [-0.05, 0) is 0 Å². The van der Waals surface area contributed by atoms with Gasteiger partial charge in [-0.15, -0.1) is 0 Å². The number of nitrogen functional groups attached to an aromatic ring is 1. The molecule has 0 radical (unpaired) electrons. The predicted octanol–water partition coefficient (Wildman–Crippen LogP) is 1.97. The van der Waals surface area contributed by atoms with Crippen molar-refractivity contribution >= 4 is 16.6 Å². The molecule has 0 amide bonds. The summed E-state index contributed by atoms with van der Waals surface area (Å²) in [7, 11) is 0. The highest BCUT2D eigenvalue weighted by atomic mass is 19.4. The molecule has 2 aromatic heterocycles. The van der Waals surface area contributed by atoms with Crippen LogP contribution in [0.4, 0.5) is 18.9 Å². The average molecular weight is 230 g/mol. The van der Waals surface area contributed by atoms with Crippen molar-refractivity contribution in [1.82, 2.24) is 14.8 Å². The van der Waals surface area contributed by atoms with Crippen LogP contribution in [-0.2, 0) is 6.54 Å². The maximum Gasteiger partial charge on any atom is 0.390 e. The third kappa shape index (κ3) is 2.07. The lowest BCUT2D eigenvalue weighted by Crippen LogP contribution is -2.12. The van der Waals surface area contributed by atoms with Crippen molar-refractivity contribution in [1.29, 1.82) is 0 Å². The molecule has 4 nitrogen and oxygen atoms in total. The van der Waals surface area contributed by atoms with E-state index < -0.39 is 12.6 Å². The van der Waals surface area contributed by atoms with Gasteiger partial charge in [-0.2, -0.15) is 18.3 Å². The van der Waals surface area contributed by atoms with E-state index in [9.17, 15) is 13.2 Å². The van der Waals surface area contributed by atoms with Gasteiger partial charge in [-0.25, -0.2) is 0 Å². The number of fused-ring (bicyclic) bond motifs is 1. The molecule has 0 aromatic carbocycles. The maximum atomic E-state index is 12.0. The normalized spacial score (nSPS) is 12.2. The molecule has 2 heterocycles. The minimum atomic E-state index is -4.19. The van der Waals surface area contributed by atoms with E-state index in [-0.39, 0.29) is 6.54 Å². The fourth-order valence-corrected chi connectivity index (χ4v) is 1.42. The number of hydrogen-bond donors (Lipinski definition) is 1. The molecule has 7 heteroatoms. The summed E-state index contributed by atoms with van der Waals surface area (Å²) in [6.45, 7) is -0.224. The second kappa shape index (κ2) is 3.66. The van der Waals surface area contributed by atoms with Crippen LogP contribution in [0.5, 0.6) is 0 Å². The standard InChI is InChI=1S/C9H9F3N4/c10-9(11,12)1-2-16-8-5-14-4-7(13)6(8)3-15-16/h3-5H,1-2,13H2. The summed E-state index contributed by atoms with van der Waals surface area (Å²) in [5.41, 5.74) is 6.54. The molecule has 16 heavy (non-hydrogen) atoms. The van der Waals surface area contributed by atoms with E-state index in [2.05, 4.69) is 10.1 Å². The Hall–Kier alpha value is -1.79. The average Bonchev–Trinajstić information content (AvgIpc) is 2.58. The summed E-state index contributed by atoms with van der Waals surface area (Å²) in [6, 6.07) is 0. The number of aromatic nitrogens is 3. The Balaban J connectivity index is 2.29. The summed E-state index contributed by atoms with van der Waals surface area (Å²) < 4.78 is 37.4. The van der Waals surface area contributed by atoms with Gasteiger partial charge in [-0.3, -0.25) is 9.67 Å². The maximum absolute atomic E-state index is 12.0. The lowest BCUT2D eigenvalue weighted by Gasteiger charge is -2.06. The van der Waals surface area contributed by atoms with E-state index in [0.29, 0.717) is 16.6 Å². The Kier molecular flexibility index (Phi) is 2.45. The van der Waals surface area contributed by atoms with Crippen LogP contribution in [0.1, 0.15) is 6.42 Å². The summed E-state index contributed by atoms with van der Waals surface area (Å²) in [4.78, 5) is 3.82. The van der Waals surface area contributed by atoms with Gasteiger partial charge in [0.1, 0.15) is 0 Å². The molecule has 0 unspecified atom stereocenters. The third-order valence-electron chi connectivity index (χ3n) is 2.21. The molecule has 0 aliphatic rings. The molecular formula is C9H9F3N4. The first-order valence-corrected chi connectivity index (χ1v) is 4.59. The second-order valence-electron chi connectivity index (χ2n) is 3.39. The van der Waals surface area contributed by atoms with Crippen molar-refractivity contribution < 1.29 is 13.2 Å². The van der Waals surface area contributed by atoms with E-state index in [4.69, 9.17) is 5.73 Å². The number of nitrogens with zero attached hydrogens (tertiary/aromatic N) is 3.